The minimum absolute atomic E-state index is 0.197. The molecule has 0 radical (unpaired) electrons. The number of benzene rings is 1. The third kappa shape index (κ3) is 5.01. The van der Waals surface area contributed by atoms with E-state index >= 15 is 0 Å². The fraction of sp³-hybridized carbons (Fsp3) is 0.176. The molecule has 0 spiro atoms. The van der Waals surface area contributed by atoms with E-state index in [4.69, 9.17) is 0 Å². The molecule has 0 amide bonds. The number of nitrogens with one attached hydrogen (secondary N) is 2. The summed E-state index contributed by atoms with van der Waals surface area (Å²) in [6, 6.07) is 16.8. The molecule has 0 atom stereocenters. The molecule has 2 N–H and O–H groups in total. The van der Waals surface area contributed by atoms with Gasteiger partial charge in [-0.3, -0.25) is 4.72 Å². The third-order valence-electron chi connectivity index (χ3n) is 3.45. The second-order valence-electron chi connectivity index (χ2n) is 5.36. The van der Waals surface area contributed by atoms with Crippen molar-refractivity contribution in [3.63, 3.8) is 0 Å². The van der Waals surface area contributed by atoms with Crippen LogP contribution >= 0.6 is 11.3 Å². The van der Waals surface area contributed by atoms with Crippen LogP contribution in [0.3, 0.4) is 0 Å². The molecule has 2 heterocycles. The van der Waals surface area contributed by atoms with Gasteiger partial charge < -0.3 is 5.32 Å². The van der Waals surface area contributed by atoms with Crippen LogP contribution < -0.4 is 10.0 Å². The van der Waals surface area contributed by atoms with E-state index in [0.29, 0.717) is 5.82 Å². The molecule has 25 heavy (non-hydrogen) atoms. The molecule has 0 saturated heterocycles. The van der Waals surface area contributed by atoms with Crippen molar-refractivity contribution in [1.82, 2.24) is 10.2 Å². The first-order chi connectivity index (χ1) is 12.1. The molecule has 0 aliphatic carbocycles. The fourth-order valence-corrected chi connectivity index (χ4v) is 4.23. The Hall–Kier alpha value is -2.45. The lowest BCUT2D eigenvalue weighted by Gasteiger charge is -2.07. The maximum atomic E-state index is 12.1. The maximum absolute atomic E-state index is 12.1. The number of hydrogen-bond donors (Lipinski definition) is 2. The Morgan fingerprint density at radius 3 is 2.36 bits per heavy atom. The molecule has 3 aromatic rings. The van der Waals surface area contributed by atoms with Crippen molar-refractivity contribution in [3.8, 4) is 0 Å². The van der Waals surface area contributed by atoms with E-state index in [0.717, 1.165) is 30.7 Å². The SMILES string of the molecule is O=S(=O)(Nc1ccc(NCCCc2ccccc2)nn1)c1cccs1. The van der Waals surface area contributed by atoms with Crippen molar-refractivity contribution in [2.75, 3.05) is 16.6 Å². The van der Waals surface area contributed by atoms with Gasteiger partial charge in [0.2, 0.25) is 0 Å². The van der Waals surface area contributed by atoms with E-state index in [1.807, 2.05) is 18.2 Å². The predicted octanol–water partition coefficient (Wildman–Crippen LogP) is 3.38. The van der Waals surface area contributed by atoms with E-state index in [1.165, 1.54) is 5.56 Å². The highest BCUT2D eigenvalue weighted by Gasteiger charge is 2.15. The summed E-state index contributed by atoms with van der Waals surface area (Å²) in [6.45, 7) is 0.768. The number of aryl methyl sites for hydroxylation is 1. The average molecular weight is 374 g/mol. The van der Waals surface area contributed by atoms with Gasteiger partial charge in [0.1, 0.15) is 10.0 Å². The van der Waals surface area contributed by atoms with E-state index in [-0.39, 0.29) is 10.0 Å². The summed E-state index contributed by atoms with van der Waals surface area (Å²) in [6.07, 6.45) is 1.96. The Balaban J connectivity index is 1.49. The number of hydrogen-bond acceptors (Lipinski definition) is 6. The minimum atomic E-state index is -3.59. The van der Waals surface area contributed by atoms with Gasteiger partial charge in [-0.25, -0.2) is 8.42 Å². The molecule has 0 aliphatic rings. The number of sulfonamides is 1. The zero-order valence-electron chi connectivity index (χ0n) is 13.4. The van der Waals surface area contributed by atoms with Crippen molar-refractivity contribution in [1.29, 1.82) is 0 Å². The van der Waals surface area contributed by atoms with Crippen molar-refractivity contribution < 1.29 is 8.42 Å². The molecule has 1 aromatic carbocycles. The van der Waals surface area contributed by atoms with Crippen LogP contribution in [0.25, 0.3) is 0 Å². The van der Waals surface area contributed by atoms with Gasteiger partial charge in [-0.15, -0.1) is 21.5 Å². The second-order valence-corrected chi connectivity index (χ2v) is 8.21. The van der Waals surface area contributed by atoms with Crippen LogP contribution in [0, 0.1) is 0 Å². The smallest absolute Gasteiger partial charge is 0.272 e. The number of anilines is 2. The normalized spacial score (nSPS) is 11.2. The summed E-state index contributed by atoms with van der Waals surface area (Å²) >= 11 is 1.15. The zero-order valence-corrected chi connectivity index (χ0v) is 15.1. The highest BCUT2D eigenvalue weighted by Crippen LogP contribution is 2.19. The topological polar surface area (TPSA) is 84.0 Å². The Labute approximate surface area is 151 Å². The Bertz CT molecular complexity index is 880. The van der Waals surface area contributed by atoms with Crippen LogP contribution in [-0.2, 0) is 16.4 Å². The number of rotatable bonds is 8. The summed E-state index contributed by atoms with van der Waals surface area (Å²) in [5.41, 5.74) is 1.30. The quantitative estimate of drug-likeness (QED) is 0.591. The minimum Gasteiger partial charge on any atom is -0.369 e. The summed E-state index contributed by atoms with van der Waals surface area (Å²) in [5, 5.41) is 12.8. The van der Waals surface area contributed by atoms with Gasteiger partial charge >= 0.3 is 0 Å². The molecule has 0 bridgehead atoms. The molecular formula is C17H18N4O2S2. The van der Waals surface area contributed by atoms with Crippen LogP contribution in [0.1, 0.15) is 12.0 Å². The molecule has 0 unspecified atom stereocenters. The second kappa shape index (κ2) is 8.09. The van der Waals surface area contributed by atoms with E-state index in [2.05, 4.69) is 32.4 Å². The van der Waals surface area contributed by atoms with Gasteiger partial charge in [0.05, 0.1) is 0 Å². The van der Waals surface area contributed by atoms with Crippen LogP contribution in [0.15, 0.2) is 64.2 Å². The third-order valence-corrected chi connectivity index (χ3v) is 6.21. The van der Waals surface area contributed by atoms with Crippen molar-refractivity contribution >= 4 is 33.0 Å². The Kier molecular flexibility index (Phi) is 5.62. The summed E-state index contributed by atoms with van der Waals surface area (Å²) in [5.74, 6) is 0.815. The van der Waals surface area contributed by atoms with Gasteiger partial charge in [-0.1, -0.05) is 36.4 Å². The van der Waals surface area contributed by atoms with Gasteiger partial charge in [0.15, 0.2) is 5.82 Å². The Morgan fingerprint density at radius 1 is 0.920 bits per heavy atom. The lowest BCUT2D eigenvalue weighted by Crippen LogP contribution is -2.13. The first kappa shape index (κ1) is 17.4. The average Bonchev–Trinajstić information content (AvgIpc) is 3.16. The highest BCUT2D eigenvalue weighted by atomic mass is 32.2. The zero-order chi connectivity index (χ0) is 17.5. The Morgan fingerprint density at radius 2 is 1.68 bits per heavy atom. The predicted molar refractivity (Wildman–Crippen MR) is 100 cm³/mol. The van der Waals surface area contributed by atoms with E-state index in [9.17, 15) is 8.42 Å². The van der Waals surface area contributed by atoms with Gasteiger partial charge in [0, 0.05) is 6.54 Å². The maximum Gasteiger partial charge on any atom is 0.272 e. The van der Waals surface area contributed by atoms with Gasteiger partial charge in [-0.05, 0) is 42.0 Å². The largest absolute Gasteiger partial charge is 0.369 e. The number of nitrogens with zero attached hydrogens (tertiary/aromatic N) is 2. The molecule has 8 heteroatoms. The monoisotopic (exact) mass is 374 g/mol. The molecule has 130 valence electrons. The molecule has 3 rings (SSSR count). The van der Waals surface area contributed by atoms with E-state index < -0.39 is 10.0 Å². The molecule has 0 aliphatic heterocycles. The first-order valence-electron chi connectivity index (χ1n) is 7.81. The van der Waals surface area contributed by atoms with Crippen LogP contribution in [-0.4, -0.2) is 25.2 Å². The van der Waals surface area contributed by atoms with Crippen molar-refractivity contribution in [3.05, 3.63) is 65.5 Å². The highest BCUT2D eigenvalue weighted by molar-refractivity contribution is 7.94. The van der Waals surface area contributed by atoms with Crippen LogP contribution in [0.5, 0.6) is 0 Å². The standard InChI is InChI=1S/C17H18N4O2S2/c22-25(23,17-9-5-13-24-17)21-16-11-10-15(19-20-16)18-12-4-8-14-6-2-1-3-7-14/h1-3,5-7,9-11,13H,4,8,12H2,(H,18,19)(H,20,21). The summed E-state index contributed by atoms with van der Waals surface area (Å²) in [7, 11) is -3.59. The molecule has 6 nitrogen and oxygen atoms in total. The lowest BCUT2D eigenvalue weighted by atomic mass is 10.1. The fourth-order valence-electron chi connectivity index (χ4n) is 2.24. The molecular weight excluding hydrogens is 356 g/mol. The van der Waals surface area contributed by atoms with Crippen LogP contribution in [0.4, 0.5) is 11.6 Å². The molecule has 2 aromatic heterocycles. The van der Waals surface area contributed by atoms with Gasteiger partial charge in [0.25, 0.3) is 10.0 Å². The first-order valence-corrected chi connectivity index (χ1v) is 10.2. The number of aromatic nitrogens is 2. The molecule has 0 fully saturated rings. The lowest BCUT2D eigenvalue weighted by molar-refractivity contribution is 0.603. The van der Waals surface area contributed by atoms with Gasteiger partial charge in [-0.2, -0.15) is 0 Å². The molecule has 0 saturated carbocycles. The summed E-state index contributed by atoms with van der Waals surface area (Å²) in [4.78, 5) is 0. The van der Waals surface area contributed by atoms with Crippen molar-refractivity contribution in [2.45, 2.75) is 17.1 Å². The van der Waals surface area contributed by atoms with E-state index in [1.54, 1.807) is 29.6 Å². The van der Waals surface area contributed by atoms with Crippen LogP contribution in [0.2, 0.25) is 0 Å². The number of thiophene rings is 1. The van der Waals surface area contributed by atoms with Crippen molar-refractivity contribution in [2.24, 2.45) is 0 Å². The summed E-state index contributed by atoms with van der Waals surface area (Å²) < 4.78 is 26.9.